The van der Waals surface area contributed by atoms with Gasteiger partial charge in [0, 0.05) is 12.6 Å². The molecule has 1 aliphatic carbocycles. The number of carbonyl (C=O) groups excluding carboxylic acids is 2. The largest absolute Gasteiger partial charge is 0.467 e. The van der Waals surface area contributed by atoms with Crippen LogP contribution in [0.3, 0.4) is 0 Å². The van der Waals surface area contributed by atoms with E-state index in [0.717, 1.165) is 25.8 Å². The fourth-order valence-electron chi connectivity index (χ4n) is 3.55. The van der Waals surface area contributed by atoms with Crippen molar-refractivity contribution in [3.8, 4) is 0 Å². The fourth-order valence-corrected chi connectivity index (χ4v) is 3.55. The van der Waals surface area contributed by atoms with Gasteiger partial charge in [0.25, 0.3) is 0 Å². The van der Waals surface area contributed by atoms with Crippen LogP contribution in [0, 0.1) is 0 Å². The molecule has 27 heavy (non-hydrogen) atoms. The minimum absolute atomic E-state index is 0.242. The number of rotatable bonds is 8. The van der Waals surface area contributed by atoms with Crippen molar-refractivity contribution < 1.29 is 14.0 Å². The van der Waals surface area contributed by atoms with E-state index in [2.05, 4.69) is 27.7 Å². The van der Waals surface area contributed by atoms with Crippen LogP contribution in [0.2, 0.25) is 0 Å². The third-order valence-corrected chi connectivity index (χ3v) is 4.97. The van der Waals surface area contributed by atoms with Gasteiger partial charge >= 0.3 is 6.03 Å². The van der Waals surface area contributed by atoms with Crippen LogP contribution < -0.4 is 10.6 Å². The number of nitrogens with one attached hydrogen (secondary N) is 2. The van der Waals surface area contributed by atoms with Crippen LogP contribution in [0.15, 0.2) is 53.1 Å². The van der Waals surface area contributed by atoms with Gasteiger partial charge in [-0.05, 0) is 37.0 Å². The number of imide groups is 1. The topological polar surface area (TPSA) is 74.6 Å². The molecule has 1 heterocycles. The molecule has 2 N–H and O–H groups in total. The monoisotopic (exact) mass is 369 g/mol. The zero-order valence-electron chi connectivity index (χ0n) is 15.5. The summed E-state index contributed by atoms with van der Waals surface area (Å²) in [5, 5.41) is 5.06. The van der Waals surface area contributed by atoms with E-state index in [1.54, 1.807) is 18.4 Å². The summed E-state index contributed by atoms with van der Waals surface area (Å²) < 4.78 is 5.16. The number of carbonyl (C=O) groups is 2. The number of nitrogens with zero attached hydrogens (tertiary/aromatic N) is 1. The van der Waals surface area contributed by atoms with Gasteiger partial charge in [0.15, 0.2) is 0 Å². The Bertz CT molecular complexity index is 710. The van der Waals surface area contributed by atoms with E-state index in [0.29, 0.717) is 11.8 Å². The first-order valence-electron chi connectivity index (χ1n) is 9.59. The summed E-state index contributed by atoms with van der Waals surface area (Å²) in [5.74, 6) is 0.375. The summed E-state index contributed by atoms with van der Waals surface area (Å²) >= 11 is 0. The summed E-state index contributed by atoms with van der Waals surface area (Å²) in [4.78, 5) is 26.5. The molecule has 1 aliphatic rings. The lowest BCUT2D eigenvalue weighted by Gasteiger charge is -2.28. The van der Waals surface area contributed by atoms with Crippen LogP contribution in [-0.4, -0.2) is 36.0 Å². The highest BCUT2D eigenvalue weighted by Crippen LogP contribution is 2.23. The number of hydrogen-bond donors (Lipinski definition) is 2. The normalized spacial score (nSPS) is 14.4. The van der Waals surface area contributed by atoms with Crippen LogP contribution in [0.5, 0.6) is 0 Å². The highest BCUT2D eigenvalue weighted by molar-refractivity contribution is 5.95. The third kappa shape index (κ3) is 6.25. The Morgan fingerprint density at radius 1 is 1.07 bits per heavy atom. The summed E-state index contributed by atoms with van der Waals surface area (Å²) in [6.07, 6.45) is 7.09. The Hall–Kier alpha value is -2.60. The van der Waals surface area contributed by atoms with Gasteiger partial charge in [0.2, 0.25) is 5.91 Å². The van der Waals surface area contributed by atoms with Gasteiger partial charge in [-0.1, -0.05) is 43.2 Å². The van der Waals surface area contributed by atoms with Crippen molar-refractivity contribution in [1.82, 2.24) is 15.5 Å². The molecule has 0 aliphatic heterocycles. The fraction of sp³-hybridized carbons (Fsp3) is 0.429. The minimum Gasteiger partial charge on any atom is -0.467 e. The predicted octanol–water partition coefficient (Wildman–Crippen LogP) is 3.09. The molecule has 3 amide bonds. The van der Waals surface area contributed by atoms with Crippen LogP contribution in [0.1, 0.15) is 37.0 Å². The van der Waals surface area contributed by atoms with E-state index in [1.165, 1.54) is 18.4 Å². The molecule has 1 saturated carbocycles. The van der Waals surface area contributed by atoms with E-state index in [4.69, 9.17) is 4.42 Å². The Labute approximate surface area is 159 Å². The van der Waals surface area contributed by atoms with Crippen molar-refractivity contribution in [2.24, 2.45) is 0 Å². The lowest BCUT2D eigenvalue weighted by molar-refractivity contribution is -0.121. The first kappa shape index (κ1) is 19.2. The first-order chi connectivity index (χ1) is 13.2. The van der Waals surface area contributed by atoms with E-state index in [-0.39, 0.29) is 19.0 Å². The first-order valence-corrected chi connectivity index (χ1v) is 9.59. The van der Waals surface area contributed by atoms with Crippen molar-refractivity contribution in [3.05, 3.63) is 60.1 Å². The Morgan fingerprint density at radius 2 is 1.85 bits per heavy atom. The van der Waals surface area contributed by atoms with Crippen LogP contribution in [0.25, 0.3) is 0 Å². The molecule has 0 bridgehead atoms. The molecular formula is C21H27N3O3. The highest BCUT2D eigenvalue weighted by atomic mass is 16.3. The molecule has 0 atom stereocenters. The van der Waals surface area contributed by atoms with Gasteiger partial charge in [-0.3, -0.25) is 15.0 Å². The van der Waals surface area contributed by atoms with Crippen LogP contribution in [0.4, 0.5) is 4.79 Å². The second-order valence-corrected chi connectivity index (χ2v) is 6.95. The van der Waals surface area contributed by atoms with Crippen molar-refractivity contribution in [2.75, 3.05) is 13.1 Å². The smallest absolute Gasteiger partial charge is 0.321 e. The number of hydrogen-bond acceptors (Lipinski definition) is 4. The van der Waals surface area contributed by atoms with Gasteiger partial charge in [-0.2, -0.15) is 0 Å². The number of urea groups is 1. The lowest BCUT2D eigenvalue weighted by atomic mass is 10.1. The molecule has 144 valence electrons. The van der Waals surface area contributed by atoms with Gasteiger partial charge in [-0.15, -0.1) is 0 Å². The Balaban J connectivity index is 1.48. The highest BCUT2D eigenvalue weighted by Gasteiger charge is 2.24. The summed E-state index contributed by atoms with van der Waals surface area (Å²) in [5.41, 5.74) is 1.26. The molecule has 1 aromatic carbocycles. The SMILES string of the molecule is O=C(CN(CCc1ccccc1)C1CCCC1)NC(=O)NCc1ccco1. The molecular weight excluding hydrogens is 342 g/mol. The molecule has 0 spiro atoms. The molecule has 0 saturated heterocycles. The number of amides is 3. The second-order valence-electron chi connectivity index (χ2n) is 6.95. The number of furan rings is 1. The average molecular weight is 369 g/mol. The molecule has 6 heteroatoms. The average Bonchev–Trinajstić information content (AvgIpc) is 3.38. The van der Waals surface area contributed by atoms with Gasteiger partial charge in [0.1, 0.15) is 5.76 Å². The predicted molar refractivity (Wildman–Crippen MR) is 103 cm³/mol. The lowest BCUT2D eigenvalue weighted by Crippen LogP contribution is -2.47. The molecule has 1 fully saturated rings. The molecule has 1 aromatic heterocycles. The van der Waals surface area contributed by atoms with E-state index in [9.17, 15) is 9.59 Å². The maximum atomic E-state index is 12.4. The maximum Gasteiger partial charge on any atom is 0.321 e. The zero-order valence-corrected chi connectivity index (χ0v) is 15.5. The molecule has 0 unspecified atom stereocenters. The van der Waals surface area contributed by atoms with Crippen LogP contribution >= 0.6 is 0 Å². The molecule has 3 rings (SSSR count). The van der Waals surface area contributed by atoms with E-state index < -0.39 is 6.03 Å². The quantitative estimate of drug-likeness (QED) is 0.750. The standard InChI is InChI=1S/C21H27N3O3/c25-20(23-21(26)22-15-19-11-6-14-27-19)16-24(18-9-4-5-10-18)13-12-17-7-2-1-3-8-17/h1-3,6-8,11,14,18H,4-5,9-10,12-13,15-16H2,(H2,22,23,25,26). The maximum absolute atomic E-state index is 12.4. The second kappa shape index (κ2) is 9.92. The molecule has 6 nitrogen and oxygen atoms in total. The molecule has 2 aromatic rings. The zero-order chi connectivity index (χ0) is 18.9. The summed E-state index contributed by atoms with van der Waals surface area (Å²) in [6, 6.07) is 13.7. The Morgan fingerprint density at radius 3 is 2.56 bits per heavy atom. The summed E-state index contributed by atoms with van der Waals surface area (Å²) in [7, 11) is 0. The number of benzene rings is 1. The van der Waals surface area contributed by atoms with Gasteiger partial charge in [-0.25, -0.2) is 4.79 Å². The van der Waals surface area contributed by atoms with Crippen LogP contribution in [-0.2, 0) is 17.8 Å². The van der Waals surface area contributed by atoms with E-state index in [1.807, 2.05) is 18.2 Å². The summed E-state index contributed by atoms with van der Waals surface area (Å²) in [6.45, 7) is 1.31. The van der Waals surface area contributed by atoms with Gasteiger partial charge in [0.05, 0.1) is 19.4 Å². The van der Waals surface area contributed by atoms with Crippen molar-refractivity contribution in [2.45, 2.75) is 44.7 Å². The van der Waals surface area contributed by atoms with Crippen molar-refractivity contribution in [1.29, 1.82) is 0 Å². The van der Waals surface area contributed by atoms with Crippen molar-refractivity contribution >= 4 is 11.9 Å². The minimum atomic E-state index is -0.495. The molecule has 0 radical (unpaired) electrons. The van der Waals surface area contributed by atoms with E-state index >= 15 is 0 Å². The van der Waals surface area contributed by atoms with Gasteiger partial charge < -0.3 is 9.73 Å². The third-order valence-electron chi connectivity index (χ3n) is 4.97. The Kier molecular flexibility index (Phi) is 7.04. The van der Waals surface area contributed by atoms with Crippen molar-refractivity contribution in [3.63, 3.8) is 0 Å².